The summed E-state index contributed by atoms with van der Waals surface area (Å²) in [6, 6.07) is 0.499. The Labute approximate surface area is 134 Å². The zero-order valence-corrected chi connectivity index (χ0v) is 14.8. The first-order chi connectivity index (χ1) is 10.0. The highest BCUT2D eigenvalue weighted by molar-refractivity contribution is 6.31. The van der Waals surface area contributed by atoms with Gasteiger partial charge in [-0.15, -0.1) is 0 Å². The van der Waals surface area contributed by atoms with Gasteiger partial charge in [-0.1, -0.05) is 38.3 Å². The van der Waals surface area contributed by atoms with Crippen LogP contribution in [0.1, 0.15) is 64.3 Å². The van der Waals surface area contributed by atoms with Crippen LogP contribution in [0.5, 0.6) is 0 Å². The summed E-state index contributed by atoms with van der Waals surface area (Å²) in [4.78, 5) is 0. The van der Waals surface area contributed by atoms with Gasteiger partial charge >= 0.3 is 0 Å². The number of nitrogens with one attached hydrogen (secondary N) is 1. The van der Waals surface area contributed by atoms with Gasteiger partial charge in [0.1, 0.15) is 0 Å². The zero-order chi connectivity index (χ0) is 15.5. The molecule has 1 aromatic heterocycles. The van der Waals surface area contributed by atoms with E-state index in [0.717, 1.165) is 30.2 Å². The third-order valence-electron chi connectivity index (χ3n) is 5.08. The van der Waals surface area contributed by atoms with Crippen molar-refractivity contribution in [2.45, 2.75) is 78.8 Å². The van der Waals surface area contributed by atoms with Gasteiger partial charge in [-0.25, -0.2) is 0 Å². The Morgan fingerprint density at radius 2 is 2.00 bits per heavy atom. The number of aromatic nitrogens is 2. The van der Waals surface area contributed by atoms with Crippen LogP contribution < -0.4 is 5.32 Å². The van der Waals surface area contributed by atoms with Crippen molar-refractivity contribution in [1.82, 2.24) is 15.1 Å². The highest BCUT2D eigenvalue weighted by atomic mass is 35.5. The molecule has 4 heteroatoms. The summed E-state index contributed by atoms with van der Waals surface area (Å²) >= 11 is 6.51. The average molecular weight is 312 g/mol. The lowest BCUT2D eigenvalue weighted by molar-refractivity contribution is 0.217. The number of hydrogen-bond donors (Lipinski definition) is 1. The Morgan fingerprint density at radius 1 is 1.33 bits per heavy atom. The van der Waals surface area contributed by atoms with Gasteiger partial charge in [0.25, 0.3) is 0 Å². The third kappa shape index (κ3) is 3.62. The smallest absolute Gasteiger partial charge is 0.0847 e. The number of halogens is 1. The molecule has 1 N–H and O–H groups in total. The minimum atomic E-state index is 0.398. The van der Waals surface area contributed by atoms with Gasteiger partial charge in [-0.2, -0.15) is 5.10 Å². The fourth-order valence-corrected chi connectivity index (χ4v) is 3.88. The van der Waals surface area contributed by atoms with Crippen molar-refractivity contribution in [2.75, 3.05) is 6.54 Å². The lowest BCUT2D eigenvalue weighted by Gasteiger charge is -2.35. The largest absolute Gasteiger partial charge is 0.313 e. The van der Waals surface area contributed by atoms with Crippen LogP contribution >= 0.6 is 11.6 Å². The SMILES string of the molecule is CCCNC(Cc1c(Cl)c(C)nn1CC)C1(C)CCCC1. The number of hydrogen-bond acceptors (Lipinski definition) is 2. The fourth-order valence-electron chi connectivity index (χ4n) is 3.67. The molecule has 1 aliphatic rings. The summed E-state index contributed by atoms with van der Waals surface area (Å²) in [7, 11) is 0. The van der Waals surface area contributed by atoms with E-state index in [1.807, 2.05) is 6.92 Å². The van der Waals surface area contributed by atoms with Gasteiger partial charge in [-0.3, -0.25) is 4.68 Å². The van der Waals surface area contributed by atoms with Crippen molar-refractivity contribution in [3.8, 4) is 0 Å². The van der Waals surface area contributed by atoms with Crippen molar-refractivity contribution in [1.29, 1.82) is 0 Å². The Bertz CT molecular complexity index is 461. The van der Waals surface area contributed by atoms with Crippen LogP contribution in [0.3, 0.4) is 0 Å². The second kappa shape index (κ2) is 7.15. The van der Waals surface area contributed by atoms with Crippen LogP contribution in [0, 0.1) is 12.3 Å². The average Bonchev–Trinajstić information content (AvgIpc) is 3.02. The van der Waals surface area contributed by atoms with Crippen molar-refractivity contribution in [3.63, 3.8) is 0 Å². The van der Waals surface area contributed by atoms with Crippen molar-refractivity contribution < 1.29 is 0 Å². The van der Waals surface area contributed by atoms with Gasteiger partial charge in [-0.05, 0) is 45.1 Å². The highest BCUT2D eigenvalue weighted by Crippen LogP contribution is 2.42. The highest BCUT2D eigenvalue weighted by Gasteiger charge is 2.37. The fraction of sp³-hybridized carbons (Fsp3) is 0.824. The van der Waals surface area contributed by atoms with Gasteiger partial charge in [0.05, 0.1) is 16.4 Å². The Hall–Kier alpha value is -0.540. The van der Waals surface area contributed by atoms with Crippen LogP contribution in [0.4, 0.5) is 0 Å². The Morgan fingerprint density at radius 3 is 2.57 bits per heavy atom. The molecular formula is C17H30ClN3. The molecule has 0 saturated heterocycles. The van der Waals surface area contributed by atoms with Crippen LogP contribution in [-0.2, 0) is 13.0 Å². The summed E-state index contributed by atoms with van der Waals surface area (Å²) in [5.74, 6) is 0. The molecule has 0 aromatic carbocycles. The summed E-state index contributed by atoms with van der Waals surface area (Å²) in [6.07, 6.45) is 7.54. The molecule has 1 saturated carbocycles. The summed E-state index contributed by atoms with van der Waals surface area (Å²) in [5.41, 5.74) is 2.56. The molecular weight excluding hydrogens is 282 g/mol. The molecule has 0 bridgehead atoms. The molecule has 3 nitrogen and oxygen atoms in total. The lowest BCUT2D eigenvalue weighted by atomic mass is 9.78. The normalized spacial score (nSPS) is 19.1. The third-order valence-corrected chi connectivity index (χ3v) is 5.57. The molecule has 1 atom stereocenters. The van der Waals surface area contributed by atoms with Crippen LogP contribution in [-0.4, -0.2) is 22.4 Å². The molecule has 0 aliphatic heterocycles. The number of aryl methyl sites for hydroxylation is 2. The minimum absolute atomic E-state index is 0.398. The minimum Gasteiger partial charge on any atom is -0.313 e. The maximum Gasteiger partial charge on any atom is 0.0847 e. The molecule has 1 unspecified atom stereocenters. The molecule has 1 aliphatic carbocycles. The van der Waals surface area contributed by atoms with Gasteiger partial charge in [0, 0.05) is 19.0 Å². The van der Waals surface area contributed by atoms with Crippen LogP contribution in [0.2, 0.25) is 5.02 Å². The van der Waals surface area contributed by atoms with Crippen molar-refractivity contribution >= 4 is 11.6 Å². The molecule has 1 heterocycles. The summed E-state index contributed by atoms with van der Waals surface area (Å²) < 4.78 is 2.08. The predicted octanol–water partition coefficient (Wildman–Crippen LogP) is 4.36. The lowest BCUT2D eigenvalue weighted by Crippen LogP contribution is -2.44. The summed E-state index contributed by atoms with van der Waals surface area (Å²) in [6.45, 7) is 10.8. The maximum atomic E-state index is 6.51. The maximum absolute atomic E-state index is 6.51. The molecule has 120 valence electrons. The van der Waals surface area contributed by atoms with Crippen molar-refractivity contribution in [2.24, 2.45) is 5.41 Å². The molecule has 0 amide bonds. The first-order valence-corrected chi connectivity index (χ1v) is 8.84. The van der Waals surface area contributed by atoms with E-state index in [1.165, 1.54) is 37.8 Å². The number of rotatable bonds is 7. The predicted molar refractivity (Wildman–Crippen MR) is 90.0 cm³/mol. The molecule has 1 aromatic rings. The van der Waals surface area contributed by atoms with Crippen molar-refractivity contribution in [3.05, 3.63) is 16.4 Å². The monoisotopic (exact) mass is 311 g/mol. The number of nitrogens with zero attached hydrogens (tertiary/aromatic N) is 2. The molecule has 1 fully saturated rings. The quantitative estimate of drug-likeness (QED) is 0.811. The molecule has 2 rings (SSSR count). The first kappa shape index (κ1) is 16.8. The first-order valence-electron chi connectivity index (χ1n) is 8.47. The topological polar surface area (TPSA) is 29.9 Å². The van der Waals surface area contributed by atoms with E-state index < -0.39 is 0 Å². The van der Waals surface area contributed by atoms with E-state index >= 15 is 0 Å². The molecule has 0 spiro atoms. The molecule has 0 radical (unpaired) electrons. The Kier molecular flexibility index (Phi) is 5.73. The van der Waals surface area contributed by atoms with E-state index in [9.17, 15) is 0 Å². The van der Waals surface area contributed by atoms with Crippen LogP contribution in [0.25, 0.3) is 0 Å². The molecule has 21 heavy (non-hydrogen) atoms. The van der Waals surface area contributed by atoms with E-state index in [4.69, 9.17) is 11.6 Å². The Balaban J connectivity index is 2.22. The second-order valence-electron chi connectivity index (χ2n) is 6.73. The second-order valence-corrected chi connectivity index (χ2v) is 7.11. The van der Waals surface area contributed by atoms with Crippen LogP contribution in [0.15, 0.2) is 0 Å². The van der Waals surface area contributed by atoms with E-state index in [0.29, 0.717) is 11.5 Å². The summed E-state index contributed by atoms with van der Waals surface area (Å²) in [5, 5.41) is 9.22. The van der Waals surface area contributed by atoms with E-state index in [2.05, 4.69) is 35.9 Å². The van der Waals surface area contributed by atoms with Gasteiger partial charge < -0.3 is 5.32 Å². The van der Waals surface area contributed by atoms with Gasteiger partial charge in [0.2, 0.25) is 0 Å². The van der Waals surface area contributed by atoms with E-state index in [1.54, 1.807) is 0 Å². The zero-order valence-electron chi connectivity index (χ0n) is 14.0. The van der Waals surface area contributed by atoms with E-state index in [-0.39, 0.29) is 0 Å². The van der Waals surface area contributed by atoms with Gasteiger partial charge in [0.15, 0.2) is 0 Å². The standard InChI is InChI=1S/C17H30ClN3/c1-5-11-19-15(17(4)9-7-8-10-17)12-14-16(18)13(3)20-21(14)6-2/h15,19H,5-12H2,1-4H3.